The van der Waals surface area contributed by atoms with Gasteiger partial charge in [0.25, 0.3) is 0 Å². The summed E-state index contributed by atoms with van der Waals surface area (Å²) in [6.45, 7) is 0. The molecular formula is C21H16ClN3O. The summed E-state index contributed by atoms with van der Waals surface area (Å²) in [4.78, 5) is 22.5. The Bertz CT molecular complexity index is 980. The molecule has 26 heavy (non-hydrogen) atoms. The van der Waals surface area contributed by atoms with Crippen molar-refractivity contribution < 1.29 is 4.79 Å². The Hall–Kier alpha value is -3.16. The average molecular weight is 362 g/mol. The van der Waals surface area contributed by atoms with Crippen LogP contribution >= 0.6 is 11.6 Å². The lowest BCUT2D eigenvalue weighted by Gasteiger charge is -2.20. The third-order valence-corrected chi connectivity index (χ3v) is 4.34. The number of benzene rings is 2. The van der Waals surface area contributed by atoms with Crippen LogP contribution in [0.1, 0.15) is 21.5 Å². The van der Waals surface area contributed by atoms with E-state index in [2.05, 4.69) is 15.9 Å². The van der Waals surface area contributed by atoms with Crippen molar-refractivity contribution >= 4 is 28.8 Å². The smallest absolute Gasteiger partial charge is 0.167 e. The Labute approximate surface area is 157 Å². The van der Waals surface area contributed by atoms with Crippen LogP contribution in [0, 0.1) is 12.3 Å². The number of Topliss-reactive ketones (excluding diaryl/α,β-unsaturated/α-hetero) is 1. The zero-order chi connectivity index (χ0) is 18.5. The second-order valence-corrected chi connectivity index (χ2v) is 6.17. The molecule has 0 saturated carbocycles. The molecule has 0 amide bonds. The molecule has 0 atom stereocenters. The van der Waals surface area contributed by atoms with E-state index in [1.807, 2.05) is 24.1 Å². The van der Waals surface area contributed by atoms with Crippen molar-refractivity contribution in [1.82, 2.24) is 9.97 Å². The largest absolute Gasteiger partial charge is 0.341 e. The maximum atomic E-state index is 12.6. The number of anilines is 2. The van der Waals surface area contributed by atoms with Crippen LogP contribution in [0.2, 0.25) is 5.02 Å². The number of carbonyl (C=O) groups is 1. The van der Waals surface area contributed by atoms with Gasteiger partial charge in [0.1, 0.15) is 6.33 Å². The van der Waals surface area contributed by atoms with Crippen molar-refractivity contribution in [1.29, 1.82) is 0 Å². The standard InChI is InChI=1S/C21H16ClN3O/c1-3-15-5-4-6-17(9-15)21(26)11-16-7-8-19(22)20(10-16)25(2)18-12-23-14-24-13-18/h1,4-10,12-14H,11H2,2H3. The van der Waals surface area contributed by atoms with Crippen LogP contribution in [0.15, 0.2) is 61.2 Å². The molecule has 3 rings (SSSR count). The van der Waals surface area contributed by atoms with Crippen molar-refractivity contribution in [3.63, 3.8) is 0 Å². The number of hydrogen-bond donors (Lipinski definition) is 0. The first kappa shape index (κ1) is 17.7. The van der Waals surface area contributed by atoms with Gasteiger partial charge in [-0.05, 0) is 29.8 Å². The Kier molecular flexibility index (Phi) is 5.31. The molecule has 0 aliphatic carbocycles. The second-order valence-electron chi connectivity index (χ2n) is 5.77. The molecule has 5 heteroatoms. The number of rotatable bonds is 5. The molecule has 4 nitrogen and oxygen atoms in total. The van der Waals surface area contributed by atoms with Crippen LogP contribution < -0.4 is 4.90 Å². The molecule has 2 aromatic carbocycles. The van der Waals surface area contributed by atoms with E-state index in [0.29, 0.717) is 16.1 Å². The van der Waals surface area contributed by atoms with Gasteiger partial charge in [0.05, 0.1) is 28.8 Å². The van der Waals surface area contributed by atoms with Crippen LogP contribution in [0.25, 0.3) is 0 Å². The Morgan fingerprint density at radius 2 is 1.96 bits per heavy atom. The Morgan fingerprint density at radius 1 is 1.19 bits per heavy atom. The number of halogens is 1. The molecule has 0 aliphatic heterocycles. The van der Waals surface area contributed by atoms with Crippen molar-refractivity contribution in [2.75, 3.05) is 11.9 Å². The van der Waals surface area contributed by atoms with Gasteiger partial charge in [-0.25, -0.2) is 9.97 Å². The fourth-order valence-electron chi connectivity index (χ4n) is 2.60. The normalized spacial score (nSPS) is 10.2. The molecule has 0 radical (unpaired) electrons. The van der Waals surface area contributed by atoms with E-state index in [1.165, 1.54) is 6.33 Å². The van der Waals surface area contributed by atoms with Crippen LogP contribution in [0.5, 0.6) is 0 Å². The van der Waals surface area contributed by atoms with Gasteiger partial charge in [-0.15, -0.1) is 6.42 Å². The minimum atomic E-state index is 0.000991. The third kappa shape index (κ3) is 3.90. The molecule has 0 fully saturated rings. The summed E-state index contributed by atoms with van der Waals surface area (Å²) in [5.74, 6) is 2.55. The zero-order valence-corrected chi connectivity index (χ0v) is 14.9. The fraction of sp³-hybridized carbons (Fsp3) is 0.0952. The second kappa shape index (κ2) is 7.81. The minimum absolute atomic E-state index is 0.000991. The molecule has 128 valence electrons. The summed E-state index contributed by atoms with van der Waals surface area (Å²) >= 11 is 6.34. The zero-order valence-electron chi connectivity index (χ0n) is 14.2. The van der Waals surface area contributed by atoms with Crippen LogP contribution in [-0.2, 0) is 6.42 Å². The fourth-order valence-corrected chi connectivity index (χ4v) is 2.84. The monoisotopic (exact) mass is 361 g/mol. The SMILES string of the molecule is C#Cc1cccc(C(=O)Cc2ccc(Cl)c(N(C)c3cncnc3)c2)c1. The number of nitrogens with zero attached hydrogens (tertiary/aromatic N) is 3. The maximum absolute atomic E-state index is 12.6. The molecule has 1 aromatic heterocycles. The predicted molar refractivity (Wildman–Crippen MR) is 104 cm³/mol. The molecule has 0 aliphatic rings. The summed E-state index contributed by atoms with van der Waals surface area (Å²) in [6, 6.07) is 12.6. The lowest BCUT2D eigenvalue weighted by molar-refractivity contribution is 0.0993. The van der Waals surface area contributed by atoms with Crippen molar-refractivity contribution in [2.24, 2.45) is 0 Å². The van der Waals surface area contributed by atoms with E-state index < -0.39 is 0 Å². The molecule has 3 aromatic rings. The predicted octanol–water partition coefficient (Wildman–Crippen LogP) is 4.30. The summed E-state index contributed by atoms with van der Waals surface area (Å²) in [5, 5.41) is 0.585. The molecule has 0 N–H and O–H groups in total. The lowest BCUT2D eigenvalue weighted by Crippen LogP contribution is -2.11. The quantitative estimate of drug-likeness (QED) is 0.502. The van der Waals surface area contributed by atoms with Crippen molar-refractivity contribution in [2.45, 2.75) is 6.42 Å². The molecule has 0 unspecified atom stereocenters. The molecule has 0 spiro atoms. The van der Waals surface area contributed by atoms with Gasteiger partial charge < -0.3 is 4.90 Å². The Balaban J connectivity index is 1.85. The molecule has 0 bridgehead atoms. The highest BCUT2D eigenvalue weighted by Gasteiger charge is 2.13. The first-order valence-corrected chi connectivity index (χ1v) is 8.33. The van der Waals surface area contributed by atoms with E-state index in [9.17, 15) is 4.79 Å². The topological polar surface area (TPSA) is 46.1 Å². The first-order chi connectivity index (χ1) is 12.6. The minimum Gasteiger partial charge on any atom is -0.341 e. The highest BCUT2D eigenvalue weighted by molar-refractivity contribution is 6.33. The molecule has 1 heterocycles. The van der Waals surface area contributed by atoms with Gasteiger partial charge in [0.2, 0.25) is 0 Å². The number of ketones is 1. The lowest BCUT2D eigenvalue weighted by atomic mass is 10.0. The van der Waals surface area contributed by atoms with E-state index in [1.54, 1.807) is 42.7 Å². The van der Waals surface area contributed by atoms with Crippen molar-refractivity contribution in [3.05, 3.63) is 82.9 Å². The van der Waals surface area contributed by atoms with Gasteiger partial charge in [-0.2, -0.15) is 0 Å². The molecular weight excluding hydrogens is 346 g/mol. The van der Waals surface area contributed by atoms with Gasteiger partial charge in [0.15, 0.2) is 5.78 Å². The van der Waals surface area contributed by atoms with E-state index in [4.69, 9.17) is 18.0 Å². The van der Waals surface area contributed by atoms with Crippen molar-refractivity contribution in [3.8, 4) is 12.3 Å². The van der Waals surface area contributed by atoms with Gasteiger partial charge in [0, 0.05) is 24.6 Å². The highest BCUT2D eigenvalue weighted by Crippen LogP contribution is 2.31. The van der Waals surface area contributed by atoms with Gasteiger partial charge in [-0.3, -0.25) is 4.79 Å². The summed E-state index contributed by atoms with van der Waals surface area (Å²) in [5.41, 5.74) is 3.74. The number of carbonyl (C=O) groups excluding carboxylic acids is 1. The maximum Gasteiger partial charge on any atom is 0.167 e. The van der Waals surface area contributed by atoms with E-state index in [-0.39, 0.29) is 12.2 Å². The first-order valence-electron chi connectivity index (χ1n) is 7.95. The van der Waals surface area contributed by atoms with Gasteiger partial charge in [-0.1, -0.05) is 35.7 Å². The van der Waals surface area contributed by atoms with Gasteiger partial charge >= 0.3 is 0 Å². The van der Waals surface area contributed by atoms with E-state index in [0.717, 1.165) is 16.9 Å². The Morgan fingerprint density at radius 3 is 2.69 bits per heavy atom. The molecule has 0 saturated heterocycles. The number of hydrogen-bond acceptors (Lipinski definition) is 4. The average Bonchev–Trinajstić information content (AvgIpc) is 2.69. The summed E-state index contributed by atoms with van der Waals surface area (Å²) < 4.78 is 0. The van der Waals surface area contributed by atoms with Crippen LogP contribution in [0.4, 0.5) is 11.4 Å². The summed E-state index contributed by atoms with van der Waals surface area (Å²) in [6.07, 6.45) is 10.5. The third-order valence-electron chi connectivity index (χ3n) is 4.02. The van der Waals surface area contributed by atoms with Crippen LogP contribution in [-0.4, -0.2) is 22.8 Å². The van der Waals surface area contributed by atoms with Crippen LogP contribution in [0.3, 0.4) is 0 Å². The number of aromatic nitrogens is 2. The van der Waals surface area contributed by atoms with E-state index >= 15 is 0 Å². The summed E-state index contributed by atoms with van der Waals surface area (Å²) in [7, 11) is 1.88. The highest BCUT2D eigenvalue weighted by atomic mass is 35.5. The number of terminal acetylenes is 1.